The maximum absolute atomic E-state index is 13.3. The van der Waals surface area contributed by atoms with Crippen molar-refractivity contribution in [2.24, 2.45) is 7.05 Å². The van der Waals surface area contributed by atoms with Gasteiger partial charge in [0.1, 0.15) is 19.0 Å². The van der Waals surface area contributed by atoms with Gasteiger partial charge in [0.2, 0.25) is 0 Å². The van der Waals surface area contributed by atoms with Crippen molar-refractivity contribution in [2.75, 3.05) is 13.2 Å². The largest absolute Gasteiger partial charge is 0.486 e. The number of rotatable bonds is 4. The zero-order chi connectivity index (χ0) is 18.8. The molecule has 4 rings (SSSR count). The topological polar surface area (TPSA) is 65.4 Å². The molecule has 6 nitrogen and oxygen atoms in total. The van der Waals surface area contributed by atoms with Gasteiger partial charge in [0.25, 0.3) is 5.91 Å². The van der Waals surface area contributed by atoms with Crippen LogP contribution in [0.2, 0.25) is 0 Å². The summed E-state index contributed by atoms with van der Waals surface area (Å²) in [5.74, 6) is 0.668. The monoisotopic (exact) mass is 367 g/mol. The Labute approximate surface area is 155 Å². The summed E-state index contributed by atoms with van der Waals surface area (Å²) < 4.78 is 26.0. The van der Waals surface area contributed by atoms with Crippen LogP contribution < -0.4 is 14.8 Å². The first-order valence-electron chi connectivity index (χ1n) is 8.56. The van der Waals surface area contributed by atoms with Crippen LogP contribution in [-0.4, -0.2) is 28.9 Å². The molecule has 7 heteroatoms. The van der Waals surface area contributed by atoms with Gasteiger partial charge in [0.05, 0.1) is 0 Å². The Hall–Kier alpha value is -3.35. The van der Waals surface area contributed by atoms with Crippen LogP contribution in [0.25, 0.3) is 11.1 Å². The van der Waals surface area contributed by atoms with E-state index < -0.39 is 0 Å². The summed E-state index contributed by atoms with van der Waals surface area (Å²) >= 11 is 0. The van der Waals surface area contributed by atoms with E-state index >= 15 is 0 Å². The van der Waals surface area contributed by atoms with E-state index in [4.69, 9.17) is 9.47 Å². The van der Waals surface area contributed by atoms with E-state index in [1.807, 2.05) is 18.2 Å². The van der Waals surface area contributed by atoms with E-state index in [0.29, 0.717) is 41.5 Å². The van der Waals surface area contributed by atoms with Crippen molar-refractivity contribution < 1.29 is 18.7 Å². The van der Waals surface area contributed by atoms with Gasteiger partial charge in [-0.05, 0) is 35.4 Å². The first kappa shape index (κ1) is 17.1. The SMILES string of the molecule is Cn1cc(-c2ccc3c(c2)OCCO3)c(C(=O)NCc2cccc(F)c2)n1. The Kier molecular flexibility index (Phi) is 4.50. The predicted octanol–water partition coefficient (Wildman–Crippen LogP) is 2.93. The quantitative estimate of drug-likeness (QED) is 0.770. The number of halogens is 1. The molecule has 2 heterocycles. The molecule has 0 saturated heterocycles. The Morgan fingerprint density at radius 3 is 2.81 bits per heavy atom. The number of hydrogen-bond donors (Lipinski definition) is 1. The number of nitrogens with zero attached hydrogens (tertiary/aromatic N) is 2. The molecule has 0 aliphatic carbocycles. The Morgan fingerprint density at radius 1 is 1.19 bits per heavy atom. The predicted molar refractivity (Wildman–Crippen MR) is 97.2 cm³/mol. The Bertz CT molecular complexity index is 1000. The van der Waals surface area contributed by atoms with E-state index in [2.05, 4.69) is 10.4 Å². The van der Waals surface area contributed by atoms with Crippen LogP contribution in [0.5, 0.6) is 11.5 Å². The second-order valence-corrected chi connectivity index (χ2v) is 6.24. The highest BCUT2D eigenvalue weighted by Crippen LogP contribution is 2.35. The molecule has 0 fully saturated rings. The zero-order valence-corrected chi connectivity index (χ0v) is 14.7. The Morgan fingerprint density at radius 2 is 2.00 bits per heavy atom. The minimum Gasteiger partial charge on any atom is -0.486 e. The molecule has 0 spiro atoms. The fourth-order valence-corrected chi connectivity index (χ4v) is 2.99. The minimum absolute atomic E-state index is 0.216. The number of carbonyl (C=O) groups is 1. The highest BCUT2D eigenvalue weighted by atomic mass is 19.1. The van der Waals surface area contributed by atoms with Crippen molar-refractivity contribution >= 4 is 5.91 Å². The molecule has 1 aliphatic rings. The third-order valence-electron chi connectivity index (χ3n) is 4.24. The van der Waals surface area contributed by atoms with Crippen LogP contribution in [0.4, 0.5) is 4.39 Å². The number of hydrogen-bond acceptors (Lipinski definition) is 4. The highest BCUT2D eigenvalue weighted by molar-refractivity contribution is 5.99. The zero-order valence-electron chi connectivity index (χ0n) is 14.7. The molecule has 2 aromatic carbocycles. The summed E-state index contributed by atoms with van der Waals surface area (Å²) in [6.45, 7) is 1.23. The summed E-state index contributed by atoms with van der Waals surface area (Å²) in [5.41, 5.74) is 2.47. The first-order valence-corrected chi connectivity index (χ1v) is 8.56. The van der Waals surface area contributed by atoms with Crippen molar-refractivity contribution in [3.63, 3.8) is 0 Å². The third-order valence-corrected chi connectivity index (χ3v) is 4.24. The summed E-state index contributed by atoms with van der Waals surface area (Å²) in [6.07, 6.45) is 1.78. The minimum atomic E-state index is -0.337. The lowest BCUT2D eigenvalue weighted by atomic mass is 10.1. The van der Waals surface area contributed by atoms with Crippen molar-refractivity contribution in [2.45, 2.75) is 6.54 Å². The number of ether oxygens (including phenoxy) is 2. The van der Waals surface area contributed by atoms with Gasteiger partial charge in [-0.15, -0.1) is 0 Å². The number of aromatic nitrogens is 2. The van der Waals surface area contributed by atoms with Crippen LogP contribution in [0.3, 0.4) is 0 Å². The average molecular weight is 367 g/mol. The lowest BCUT2D eigenvalue weighted by molar-refractivity contribution is 0.0945. The molecule has 1 aliphatic heterocycles. The molecule has 0 atom stereocenters. The fourth-order valence-electron chi connectivity index (χ4n) is 2.99. The maximum atomic E-state index is 13.3. The lowest BCUT2D eigenvalue weighted by Gasteiger charge is -2.18. The van der Waals surface area contributed by atoms with Gasteiger partial charge in [0, 0.05) is 25.4 Å². The summed E-state index contributed by atoms with van der Waals surface area (Å²) in [7, 11) is 1.75. The molecule has 1 aromatic heterocycles. The van der Waals surface area contributed by atoms with Crippen LogP contribution in [-0.2, 0) is 13.6 Å². The number of nitrogens with one attached hydrogen (secondary N) is 1. The third kappa shape index (κ3) is 3.62. The van der Waals surface area contributed by atoms with Gasteiger partial charge in [-0.2, -0.15) is 5.10 Å². The summed E-state index contributed by atoms with van der Waals surface area (Å²) in [5, 5.41) is 7.08. The van der Waals surface area contributed by atoms with Crippen molar-refractivity contribution in [1.82, 2.24) is 15.1 Å². The smallest absolute Gasteiger partial charge is 0.272 e. The molecule has 0 bridgehead atoms. The highest BCUT2D eigenvalue weighted by Gasteiger charge is 2.20. The molecule has 0 unspecified atom stereocenters. The van der Waals surface area contributed by atoms with Crippen LogP contribution in [0.1, 0.15) is 16.1 Å². The van der Waals surface area contributed by atoms with E-state index in [-0.39, 0.29) is 18.3 Å². The molecule has 0 radical (unpaired) electrons. The summed E-state index contributed by atoms with van der Waals surface area (Å²) in [4.78, 5) is 12.7. The fraction of sp³-hybridized carbons (Fsp3) is 0.200. The molecule has 27 heavy (non-hydrogen) atoms. The molecule has 1 amide bonds. The van der Waals surface area contributed by atoms with Gasteiger partial charge in [-0.3, -0.25) is 9.48 Å². The maximum Gasteiger partial charge on any atom is 0.272 e. The first-order chi connectivity index (χ1) is 13.1. The average Bonchev–Trinajstić information content (AvgIpc) is 3.07. The standard InChI is InChI=1S/C20H18FN3O3/c1-24-12-16(14-5-6-17-18(10-14)27-8-7-26-17)19(23-24)20(25)22-11-13-3-2-4-15(21)9-13/h2-6,9-10,12H,7-8,11H2,1H3,(H,22,25). The molecular weight excluding hydrogens is 349 g/mol. The van der Waals surface area contributed by atoms with E-state index in [0.717, 1.165) is 5.56 Å². The second kappa shape index (κ2) is 7.11. The lowest BCUT2D eigenvalue weighted by Crippen LogP contribution is -2.24. The van der Waals surface area contributed by atoms with Crippen molar-refractivity contribution in [1.29, 1.82) is 0 Å². The molecule has 1 N–H and O–H groups in total. The number of carbonyl (C=O) groups excluding carboxylic acids is 1. The van der Waals surface area contributed by atoms with Gasteiger partial charge in [-0.25, -0.2) is 4.39 Å². The van der Waals surface area contributed by atoms with E-state index in [1.54, 1.807) is 30.1 Å². The van der Waals surface area contributed by atoms with Gasteiger partial charge in [-0.1, -0.05) is 18.2 Å². The summed E-state index contributed by atoms with van der Waals surface area (Å²) in [6, 6.07) is 11.7. The molecule has 0 saturated carbocycles. The number of benzene rings is 2. The Balaban J connectivity index is 1.58. The van der Waals surface area contributed by atoms with E-state index in [1.165, 1.54) is 12.1 Å². The van der Waals surface area contributed by atoms with Gasteiger partial charge >= 0.3 is 0 Å². The van der Waals surface area contributed by atoms with Gasteiger partial charge < -0.3 is 14.8 Å². The number of fused-ring (bicyclic) bond motifs is 1. The van der Waals surface area contributed by atoms with Crippen LogP contribution >= 0.6 is 0 Å². The van der Waals surface area contributed by atoms with Crippen molar-refractivity contribution in [3.8, 4) is 22.6 Å². The molecular formula is C20H18FN3O3. The van der Waals surface area contributed by atoms with Crippen molar-refractivity contribution in [3.05, 3.63) is 65.7 Å². The van der Waals surface area contributed by atoms with E-state index in [9.17, 15) is 9.18 Å². The van der Waals surface area contributed by atoms with Crippen LogP contribution in [0, 0.1) is 5.82 Å². The normalized spacial score (nSPS) is 12.7. The van der Waals surface area contributed by atoms with Gasteiger partial charge in [0.15, 0.2) is 17.2 Å². The second-order valence-electron chi connectivity index (χ2n) is 6.24. The number of aryl methyl sites for hydroxylation is 1. The molecule has 3 aromatic rings. The number of amides is 1. The van der Waals surface area contributed by atoms with Crippen LogP contribution in [0.15, 0.2) is 48.7 Å². The molecule has 138 valence electrons.